The van der Waals surface area contributed by atoms with Gasteiger partial charge in [0.2, 0.25) is 0 Å². The molecule has 2 aromatic heterocycles. The third-order valence-corrected chi connectivity index (χ3v) is 6.88. The molecule has 2 aromatic rings. The van der Waals surface area contributed by atoms with Crippen molar-refractivity contribution in [2.24, 2.45) is 11.3 Å². The van der Waals surface area contributed by atoms with Gasteiger partial charge in [0, 0.05) is 17.7 Å². The van der Waals surface area contributed by atoms with Crippen molar-refractivity contribution >= 4 is 23.7 Å². The van der Waals surface area contributed by atoms with Gasteiger partial charge in [-0.25, -0.2) is 9.97 Å². The van der Waals surface area contributed by atoms with E-state index in [9.17, 15) is 0 Å². The number of rotatable bonds is 2. The van der Waals surface area contributed by atoms with Gasteiger partial charge in [0.1, 0.15) is 5.52 Å². The molecule has 0 amide bonds. The van der Waals surface area contributed by atoms with Crippen molar-refractivity contribution in [1.29, 1.82) is 0 Å². The quantitative estimate of drug-likeness (QED) is 0.797. The van der Waals surface area contributed by atoms with Crippen LogP contribution in [0, 0.1) is 11.3 Å². The summed E-state index contributed by atoms with van der Waals surface area (Å²) >= 11 is 0. The van der Waals surface area contributed by atoms with Gasteiger partial charge >= 0.3 is 7.12 Å². The van der Waals surface area contributed by atoms with Crippen molar-refractivity contribution in [1.82, 2.24) is 14.5 Å². The fourth-order valence-electron chi connectivity index (χ4n) is 4.32. The minimum atomic E-state index is -0.382. The van der Waals surface area contributed by atoms with Crippen LogP contribution in [0.3, 0.4) is 0 Å². The summed E-state index contributed by atoms with van der Waals surface area (Å²) < 4.78 is 14.5. The first-order chi connectivity index (χ1) is 11.2. The van der Waals surface area contributed by atoms with Gasteiger partial charge in [-0.2, -0.15) is 0 Å². The van der Waals surface area contributed by atoms with Crippen LogP contribution in [0.15, 0.2) is 18.6 Å². The van der Waals surface area contributed by atoms with Gasteiger partial charge in [0.05, 0.1) is 17.5 Å². The molecule has 3 atom stereocenters. The lowest BCUT2D eigenvalue weighted by Crippen LogP contribution is -2.41. The van der Waals surface area contributed by atoms with Crippen LogP contribution in [0.2, 0.25) is 0 Å². The topological polar surface area (TPSA) is 49.2 Å². The van der Waals surface area contributed by atoms with Crippen molar-refractivity contribution in [3.63, 3.8) is 0 Å². The molecule has 24 heavy (non-hydrogen) atoms. The summed E-state index contributed by atoms with van der Waals surface area (Å²) in [5.74, 6) is 0.819. The molecule has 3 heterocycles. The Hall–Kier alpha value is -1.40. The molecule has 1 aliphatic heterocycles. The minimum Gasteiger partial charge on any atom is -0.399 e. The van der Waals surface area contributed by atoms with E-state index in [-0.39, 0.29) is 18.3 Å². The molecule has 0 radical (unpaired) electrons. The second kappa shape index (κ2) is 4.22. The van der Waals surface area contributed by atoms with Crippen molar-refractivity contribution in [2.45, 2.75) is 64.7 Å². The van der Waals surface area contributed by atoms with E-state index in [2.05, 4.69) is 50.2 Å². The van der Waals surface area contributed by atoms with Crippen LogP contribution in [0.25, 0.3) is 11.2 Å². The zero-order chi connectivity index (χ0) is 16.9. The van der Waals surface area contributed by atoms with Gasteiger partial charge < -0.3 is 13.9 Å². The normalized spacial score (nSPS) is 35.8. The summed E-state index contributed by atoms with van der Waals surface area (Å²) in [5, 5.41) is 0. The number of aromatic nitrogens is 3. The molecule has 0 bridgehead atoms. The largest absolute Gasteiger partial charge is 0.496 e. The summed E-state index contributed by atoms with van der Waals surface area (Å²) in [6.45, 7) is 10.7. The maximum Gasteiger partial charge on any atom is 0.496 e. The standard InChI is InChI=1S/C18H24BN3O2/c1-16(2)17(3,4)24-19(23-16)11-6-13-15(20-9-11)22(10-21-13)14-8-18(5)7-12(14)18/h6,9-10,12,14H,7-8H2,1-5H3/t12?,14-,18+/m0/s1. The molecule has 2 aliphatic carbocycles. The Labute approximate surface area is 142 Å². The molecule has 1 saturated heterocycles. The maximum atomic E-state index is 6.13. The molecular formula is C18H24BN3O2. The number of pyridine rings is 1. The lowest BCUT2D eigenvalue weighted by Gasteiger charge is -2.33. The minimum absolute atomic E-state index is 0.339. The first kappa shape index (κ1) is 14.9. The van der Waals surface area contributed by atoms with Crippen molar-refractivity contribution in [3.05, 3.63) is 18.6 Å². The van der Waals surface area contributed by atoms with Crippen LogP contribution < -0.4 is 5.46 Å². The second-order valence-electron chi connectivity index (χ2n) is 9.09. The van der Waals surface area contributed by atoms with Gasteiger partial charge in [-0.05, 0) is 57.9 Å². The average Bonchev–Trinajstić information content (AvgIpc) is 2.82. The molecular weight excluding hydrogens is 301 g/mol. The van der Waals surface area contributed by atoms with E-state index in [0.717, 1.165) is 22.5 Å². The first-order valence-corrected chi connectivity index (χ1v) is 8.88. The number of hydrogen-bond acceptors (Lipinski definition) is 4. The van der Waals surface area contributed by atoms with Crippen molar-refractivity contribution < 1.29 is 9.31 Å². The third-order valence-electron chi connectivity index (χ3n) is 6.88. The number of nitrogens with zero attached hydrogens (tertiary/aromatic N) is 3. The summed E-state index contributed by atoms with van der Waals surface area (Å²) in [6, 6.07) is 2.64. The van der Waals surface area contributed by atoms with E-state index < -0.39 is 0 Å². The fourth-order valence-corrected chi connectivity index (χ4v) is 4.32. The number of hydrogen-bond donors (Lipinski definition) is 0. The molecule has 6 heteroatoms. The Morgan fingerprint density at radius 2 is 1.79 bits per heavy atom. The average molecular weight is 325 g/mol. The first-order valence-electron chi connectivity index (χ1n) is 8.88. The summed E-state index contributed by atoms with van der Waals surface area (Å²) in [6.07, 6.45) is 6.44. The lowest BCUT2D eigenvalue weighted by molar-refractivity contribution is 0.00578. The van der Waals surface area contributed by atoms with Crippen LogP contribution >= 0.6 is 0 Å². The van der Waals surface area contributed by atoms with Gasteiger partial charge in [-0.15, -0.1) is 0 Å². The monoisotopic (exact) mass is 325 g/mol. The zero-order valence-electron chi connectivity index (χ0n) is 15.0. The molecule has 0 aromatic carbocycles. The molecule has 0 spiro atoms. The lowest BCUT2D eigenvalue weighted by atomic mass is 9.80. The predicted molar refractivity (Wildman–Crippen MR) is 93.1 cm³/mol. The smallest absolute Gasteiger partial charge is 0.399 e. The third kappa shape index (κ3) is 1.84. The molecule has 0 N–H and O–H groups in total. The van der Waals surface area contributed by atoms with Gasteiger partial charge in [0.15, 0.2) is 5.65 Å². The molecule has 5 nitrogen and oxygen atoms in total. The Morgan fingerprint density at radius 3 is 2.38 bits per heavy atom. The summed E-state index contributed by atoms with van der Waals surface area (Å²) in [7, 11) is -0.382. The highest BCUT2D eigenvalue weighted by molar-refractivity contribution is 6.62. The molecule has 1 unspecified atom stereocenters. The molecule has 3 aliphatic rings. The predicted octanol–water partition coefficient (Wildman–Crippen LogP) is 2.70. The van der Waals surface area contributed by atoms with E-state index in [1.54, 1.807) is 0 Å². The maximum absolute atomic E-state index is 6.13. The zero-order valence-corrected chi connectivity index (χ0v) is 15.0. The SMILES string of the molecule is CC1(C)OB(c2cnc3c(c2)ncn3[C@H]2C[C@@]3(C)CC23)OC1(C)C. The van der Waals surface area contributed by atoms with E-state index >= 15 is 0 Å². The Balaban J connectivity index is 1.46. The van der Waals surface area contributed by atoms with Crippen molar-refractivity contribution in [2.75, 3.05) is 0 Å². The van der Waals surface area contributed by atoms with Crippen LogP contribution in [0.5, 0.6) is 0 Å². The van der Waals surface area contributed by atoms with Gasteiger partial charge in [-0.3, -0.25) is 0 Å². The molecule has 2 saturated carbocycles. The Kier molecular flexibility index (Phi) is 2.62. The Morgan fingerprint density at radius 1 is 1.08 bits per heavy atom. The molecule has 3 fully saturated rings. The van der Waals surface area contributed by atoms with Crippen LogP contribution in [-0.2, 0) is 9.31 Å². The number of imidazole rings is 1. The number of fused-ring (bicyclic) bond motifs is 2. The fraction of sp³-hybridized carbons (Fsp3) is 0.667. The molecule has 126 valence electrons. The summed E-state index contributed by atoms with van der Waals surface area (Å²) in [5.41, 5.74) is 2.77. The highest BCUT2D eigenvalue weighted by Crippen LogP contribution is 2.72. The van der Waals surface area contributed by atoms with Gasteiger partial charge in [0.25, 0.3) is 0 Å². The second-order valence-corrected chi connectivity index (χ2v) is 9.09. The van der Waals surface area contributed by atoms with Crippen LogP contribution in [0.1, 0.15) is 53.5 Å². The van der Waals surface area contributed by atoms with Crippen molar-refractivity contribution in [3.8, 4) is 0 Å². The Bertz CT molecular complexity index is 830. The van der Waals surface area contributed by atoms with E-state index in [1.165, 1.54) is 12.8 Å². The van der Waals surface area contributed by atoms with Crippen LogP contribution in [-0.4, -0.2) is 32.9 Å². The summed E-state index contributed by atoms with van der Waals surface area (Å²) in [4.78, 5) is 9.29. The highest BCUT2D eigenvalue weighted by Gasteiger charge is 2.64. The van der Waals surface area contributed by atoms with Gasteiger partial charge in [-0.1, -0.05) is 6.92 Å². The van der Waals surface area contributed by atoms with E-state index in [4.69, 9.17) is 14.3 Å². The van der Waals surface area contributed by atoms with E-state index in [1.807, 2.05) is 12.5 Å². The highest BCUT2D eigenvalue weighted by atomic mass is 16.7. The molecule has 5 rings (SSSR count). The van der Waals surface area contributed by atoms with E-state index in [0.29, 0.717) is 11.5 Å². The van der Waals surface area contributed by atoms with Crippen LogP contribution in [0.4, 0.5) is 0 Å².